The largest absolute Gasteiger partial charge is 0.377 e. The quantitative estimate of drug-likeness (QED) is 0.687. The predicted molar refractivity (Wildman–Crippen MR) is 103 cm³/mol. The van der Waals surface area contributed by atoms with Gasteiger partial charge in [-0.1, -0.05) is 25.5 Å². The van der Waals surface area contributed by atoms with Crippen LogP contribution < -0.4 is 0 Å². The van der Waals surface area contributed by atoms with Gasteiger partial charge in [-0.3, -0.25) is 4.79 Å². The molecule has 0 amide bonds. The van der Waals surface area contributed by atoms with Gasteiger partial charge in [0.05, 0.1) is 12.7 Å². The number of carbonyl (C=O) groups excluding carboxylic acids is 1. The van der Waals surface area contributed by atoms with E-state index in [0.29, 0.717) is 30.1 Å². The lowest BCUT2D eigenvalue weighted by Crippen LogP contribution is -2.77. The Labute approximate surface area is 162 Å². The van der Waals surface area contributed by atoms with Crippen LogP contribution in [0, 0.1) is 34.0 Å². The van der Waals surface area contributed by atoms with Crippen molar-refractivity contribution in [3.05, 3.63) is 22.8 Å². The lowest BCUT2D eigenvalue weighted by Gasteiger charge is -2.79. The van der Waals surface area contributed by atoms with Crippen molar-refractivity contribution in [1.82, 2.24) is 0 Å². The summed E-state index contributed by atoms with van der Waals surface area (Å²) >= 11 is 0. The summed E-state index contributed by atoms with van der Waals surface area (Å²) in [6.45, 7) is 7.84. The first-order chi connectivity index (χ1) is 13.0. The van der Waals surface area contributed by atoms with Crippen molar-refractivity contribution in [3.63, 3.8) is 0 Å². The minimum absolute atomic E-state index is 0.135. The van der Waals surface area contributed by atoms with Gasteiger partial charge in [0.25, 0.3) is 0 Å². The van der Waals surface area contributed by atoms with E-state index in [9.17, 15) is 4.79 Å². The van der Waals surface area contributed by atoms with Gasteiger partial charge < -0.3 is 9.47 Å². The maximum absolute atomic E-state index is 12.5. The Balaban J connectivity index is 1.54. The second-order valence-electron chi connectivity index (χ2n) is 10.4. The van der Waals surface area contributed by atoms with Crippen LogP contribution in [0.3, 0.4) is 0 Å². The first-order valence-electron chi connectivity index (χ1n) is 11.0. The molecule has 6 rings (SSSR count). The molecule has 0 aromatic rings. The highest BCUT2D eigenvalue weighted by Crippen LogP contribution is 2.89. The van der Waals surface area contributed by atoms with Gasteiger partial charge in [0.1, 0.15) is 11.9 Å². The molecule has 1 saturated heterocycles. The van der Waals surface area contributed by atoms with Crippen molar-refractivity contribution < 1.29 is 14.3 Å². The Morgan fingerprint density at radius 1 is 1.41 bits per heavy atom. The van der Waals surface area contributed by atoms with Crippen molar-refractivity contribution in [3.8, 4) is 0 Å². The van der Waals surface area contributed by atoms with Crippen LogP contribution in [0.25, 0.3) is 0 Å². The molecular formula is C24H32O3. The van der Waals surface area contributed by atoms with Gasteiger partial charge in [0.15, 0.2) is 0 Å². The molecule has 5 aliphatic carbocycles. The number of ketones is 1. The van der Waals surface area contributed by atoms with Crippen LogP contribution in [0.15, 0.2) is 22.8 Å². The van der Waals surface area contributed by atoms with E-state index >= 15 is 0 Å². The summed E-state index contributed by atoms with van der Waals surface area (Å²) in [7, 11) is 1.89. The zero-order chi connectivity index (χ0) is 18.8. The normalized spacial score (nSPS) is 53.8. The highest BCUT2D eigenvalue weighted by molar-refractivity contribution is 5.79. The van der Waals surface area contributed by atoms with E-state index in [1.807, 2.05) is 14.0 Å². The Bertz CT molecular complexity index is 808. The van der Waals surface area contributed by atoms with Crippen LogP contribution >= 0.6 is 0 Å². The van der Waals surface area contributed by atoms with Crippen molar-refractivity contribution in [1.29, 1.82) is 0 Å². The molecule has 1 unspecified atom stereocenters. The molecule has 0 radical (unpaired) electrons. The molecule has 146 valence electrons. The zero-order valence-corrected chi connectivity index (χ0v) is 17.1. The third-order valence-corrected chi connectivity index (χ3v) is 10.1. The van der Waals surface area contributed by atoms with Gasteiger partial charge in [-0.15, -0.1) is 0 Å². The number of hydrogen-bond donors (Lipinski definition) is 0. The van der Waals surface area contributed by atoms with Crippen molar-refractivity contribution in [2.24, 2.45) is 34.0 Å². The predicted octanol–water partition coefficient (Wildman–Crippen LogP) is 4.47. The molecule has 0 aromatic heterocycles. The van der Waals surface area contributed by atoms with Gasteiger partial charge in [0, 0.05) is 42.1 Å². The summed E-state index contributed by atoms with van der Waals surface area (Å²) < 4.78 is 12.3. The van der Waals surface area contributed by atoms with E-state index in [1.54, 1.807) is 11.1 Å². The molecule has 0 N–H and O–H groups in total. The van der Waals surface area contributed by atoms with Crippen molar-refractivity contribution in [2.75, 3.05) is 13.7 Å². The van der Waals surface area contributed by atoms with E-state index in [2.05, 4.69) is 19.9 Å². The van der Waals surface area contributed by atoms with Crippen LogP contribution in [-0.2, 0) is 14.3 Å². The maximum Gasteiger partial charge on any atom is 0.132 e. The highest BCUT2D eigenvalue weighted by Gasteiger charge is 2.86. The Morgan fingerprint density at radius 2 is 2.22 bits per heavy atom. The molecule has 3 nitrogen and oxygen atoms in total. The first kappa shape index (κ1) is 17.0. The zero-order valence-electron chi connectivity index (χ0n) is 17.1. The van der Waals surface area contributed by atoms with Crippen LogP contribution in [0.5, 0.6) is 0 Å². The fourth-order valence-electron chi connectivity index (χ4n) is 8.95. The van der Waals surface area contributed by atoms with E-state index < -0.39 is 0 Å². The third-order valence-electron chi connectivity index (χ3n) is 10.1. The number of ether oxygens (including phenoxy) is 2. The SMILES string of the molecule is CCC(=O)C[C@H]1C[C@H]2OC[C@H]2C23C[C@@H]4CCC(C)=C([C@@H](OC)C5=C[C@@]512)[C@@]43C. The van der Waals surface area contributed by atoms with E-state index in [0.717, 1.165) is 25.4 Å². The average Bonchev–Trinajstić information content (AvgIpc) is 3.36. The monoisotopic (exact) mass is 368 g/mol. The van der Waals surface area contributed by atoms with Gasteiger partial charge in [-0.05, 0) is 55.6 Å². The summed E-state index contributed by atoms with van der Waals surface area (Å²) in [5.41, 5.74) is 5.36. The van der Waals surface area contributed by atoms with Crippen molar-refractivity contribution in [2.45, 2.75) is 71.5 Å². The molecule has 3 saturated carbocycles. The Hall–Kier alpha value is -0.930. The third kappa shape index (κ3) is 1.54. The molecule has 1 aliphatic heterocycles. The molecular weight excluding hydrogens is 336 g/mol. The van der Waals surface area contributed by atoms with Crippen LogP contribution in [-0.4, -0.2) is 31.7 Å². The van der Waals surface area contributed by atoms with Crippen LogP contribution in [0.1, 0.15) is 59.3 Å². The number of hydrogen-bond acceptors (Lipinski definition) is 3. The number of Topliss-reactive ketones (excluding diaryl/α,β-unsaturated/α-hetero) is 1. The molecule has 3 heteroatoms. The molecule has 0 aromatic carbocycles. The Kier molecular flexibility index (Phi) is 3.12. The first-order valence-corrected chi connectivity index (χ1v) is 11.0. The topological polar surface area (TPSA) is 35.5 Å². The standard InChI is InChI=1S/C24H32O3/c1-5-16(25)8-15-9-19-18(12-27-19)24-10-14-7-6-13(2)20(22(14,24)3)21(26-4)17-11-23(15,17)24/h11,14-15,18-19,21H,5-10,12H2,1-4H3/t14-,15-,18+,19+,21-,22+,23-,24?/m0/s1. The number of carbonyl (C=O) groups is 1. The van der Waals surface area contributed by atoms with Gasteiger partial charge in [-0.25, -0.2) is 0 Å². The van der Waals surface area contributed by atoms with E-state index in [4.69, 9.17) is 9.47 Å². The lowest BCUT2D eigenvalue weighted by molar-refractivity contribution is -0.324. The minimum Gasteiger partial charge on any atom is -0.377 e. The fraction of sp³-hybridized carbons (Fsp3) is 0.792. The number of rotatable bonds is 4. The van der Waals surface area contributed by atoms with Crippen LogP contribution in [0.4, 0.5) is 0 Å². The second-order valence-corrected chi connectivity index (χ2v) is 10.4. The molecule has 1 heterocycles. The minimum atomic E-state index is 0.135. The Morgan fingerprint density at radius 3 is 2.89 bits per heavy atom. The van der Waals surface area contributed by atoms with Crippen LogP contribution in [0.2, 0.25) is 0 Å². The summed E-state index contributed by atoms with van der Waals surface area (Å²) in [5, 5.41) is 0. The summed E-state index contributed by atoms with van der Waals surface area (Å²) in [4.78, 5) is 12.5. The summed E-state index contributed by atoms with van der Waals surface area (Å²) in [5.74, 6) is 2.28. The maximum atomic E-state index is 12.5. The summed E-state index contributed by atoms with van der Waals surface area (Å²) in [6, 6.07) is 0. The molecule has 4 fully saturated rings. The lowest BCUT2D eigenvalue weighted by atomic mass is 9.25. The second kappa shape index (κ2) is 4.97. The molecule has 6 aliphatic rings. The fourth-order valence-corrected chi connectivity index (χ4v) is 8.95. The van der Waals surface area contributed by atoms with Gasteiger partial charge in [-0.2, -0.15) is 0 Å². The smallest absolute Gasteiger partial charge is 0.132 e. The summed E-state index contributed by atoms with van der Waals surface area (Å²) in [6.07, 6.45) is 9.43. The highest BCUT2D eigenvalue weighted by atomic mass is 16.5. The van der Waals surface area contributed by atoms with Crippen molar-refractivity contribution >= 4 is 5.78 Å². The van der Waals surface area contributed by atoms with E-state index in [-0.39, 0.29) is 22.3 Å². The molecule has 27 heavy (non-hydrogen) atoms. The van der Waals surface area contributed by atoms with Gasteiger partial charge in [0.2, 0.25) is 0 Å². The number of fused-ring (bicyclic) bond motifs is 1. The molecule has 2 spiro atoms. The number of allylic oxidation sites excluding steroid dienone is 2. The van der Waals surface area contributed by atoms with Gasteiger partial charge >= 0.3 is 0 Å². The molecule has 8 atom stereocenters. The van der Waals surface area contributed by atoms with E-state index in [1.165, 1.54) is 24.8 Å². The average molecular weight is 369 g/mol. The number of methoxy groups -OCH3 is 1. The molecule has 0 bridgehead atoms.